The predicted octanol–water partition coefficient (Wildman–Crippen LogP) is 3.31. The molecule has 2 aromatic rings. The summed E-state index contributed by atoms with van der Waals surface area (Å²) in [5.74, 6) is 1.23. The lowest BCUT2D eigenvalue weighted by molar-refractivity contribution is -0.116. The molecule has 1 heterocycles. The fourth-order valence-electron chi connectivity index (χ4n) is 2.08. The van der Waals surface area contributed by atoms with Crippen LogP contribution in [-0.2, 0) is 11.3 Å². The maximum absolute atomic E-state index is 11.8. The molecular formula is C17H20ClN3O. The Morgan fingerprint density at radius 1 is 1.41 bits per heavy atom. The molecule has 0 aliphatic heterocycles. The lowest BCUT2D eigenvalue weighted by atomic mass is 10.1. The van der Waals surface area contributed by atoms with Crippen molar-refractivity contribution in [2.24, 2.45) is 5.92 Å². The quantitative estimate of drug-likeness (QED) is 0.831. The zero-order valence-electron chi connectivity index (χ0n) is 12.8. The normalized spacial score (nSPS) is 12.5. The number of aryl methyl sites for hydroxylation is 1. The predicted molar refractivity (Wildman–Crippen MR) is 89.6 cm³/mol. The van der Waals surface area contributed by atoms with E-state index in [0.717, 1.165) is 17.9 Å². The Labute approximate surface area is 135 Å². The van der Waals surface area contributed by atoms with E-state index in [1.54, 1.807) is 30.5 Å². The summed E-state index contributed by atoms with van der Waals surface area (Å²) in [6.07, 6.45) is 7.05. The molecule has 1 atom stereocenters. The molecule has 4 nitrogen and oxygen atoms in total. The molecule has 0 aliphatic rings. The summed E-state index contributed by atoms with van der Waals surface area (Å²) in [5, 5.41) is 3.60. The highest BCUT2D eigenvalue weighted by Gasteiger charge is 2.06. The summed E-state index contributed by atoms with van der Waals surface area (Å²) in [7, 11) is 0. The highest BCUT2D eigenvalue weighted by molar-refractivity contribution is 6.30. The molecule has 1 unspecified atom stereocenters. The van der Waals surface area contributed by atoms with E-state index < -0.39 is 0 Å². The minimum absolute atomic E-state index is 0.0934. The van der Waals surface area contributed by atoms with Crippen molar-refractivity contribution < 1.29 is 4.79 Å². The van der Waals surface area contributed by atoms with Gasteiger partial charge in [-0.05, 0) is 36.6 Å². The lowest BCUT2D eigenvalue weighted by Gasteiger charge is -2.13. The Kier molecular flexibility index (Phi) is 5.78. The van der Waals surface area contributed by atoms with Crippen LogP contribution in [0.15, 0.2) is 42.7 Å². The van der Waals surface area contributed by atoms with Crippen molar-refractivity contribution in [2.75, 3.05) is 6.54 Å². The fourth-order valence-corrected chi connectivity index (χ4v) is 2.20. The first kappa shape index (κ1) is 16.3. The van der Waals surface area contributed by atoms with Crippen LogP contribution < -0.4 is 5.32 Å². The van der Waals surface area contributed by atoms with E-state index in [1.165, 1.54) is 0 Å². The molecule has 0 spiro atoms. The Hall–Kier alpha value is -2.07. The van der Waals surface area contributed by atoms with E-state index in [9.17, 15) is 4.79 Å². The first-order valence-corrected chi connectivity index (χ1v) is 7.61. The SMILES string of the molecule is Cc1nccn1CC(C)CNC(=O)/C=C/c1ccc(Cl)cc1. The van der Waals surface area contributed by atoms with E-state index >= 15 is 0 Å². The standard InChI is InChI=1S/C17H20ClN3O/c1-13(12-21-10-9-19-14(21)2)11-20-17(22)8-5-15-3-6-16(18)7-4-15/h3-10,13H,11-12H2,1-2H3,(H,20,22)/b8-5+. The van der Waals surface area contributed by atoms with Gasteiger partial charge in [0, 0.05) is 36.6 Å². The summed E-state index contributed by atoms with van der Waals surface area (Å²) in [5.41, 5.74) is 0.946. The molecule has 0 saturated carbocycles. The van der Waals surface area contributed by atoms with Gasteiger partial charge in [-0.25, -0.2) is 4.98 Å². The zero-order chi connectivity index (χ0) is 15.9. The van der Waals surface area contributed by atoms with Gasteiger partial charge >= 0.3 is 0 Å². The van der Waals surface area contributed by atoms with Crippen LogP contribution in [-0.4, -0.2) is 22.0 Å². The van der Waals surface area contributed by atoms with E-state index in [-0.39, 0.29) is 5.91 Å². The van der Waals surface area contributed by atoms with Gasteiger partial charge in [-0.15, -0.1) is 0 Å². The van der Waals surface area contributed by atoms with Crippen LogP contribution in [0.4, 0.5) is 0 Å². The van der Waals surface area contributed by atoms with Gasteiger partial charge in [0.25, 0.3) is 0 Å². The Morgan fingerprint density at radius 2 is 2.14 bits per heavy atom. The number of imidazole rings is 1. The molecule has 1 N–H and O–H groups in total. The van der Waals surface area contributed by atoms with Gasteiger partial charge in [0.05, 0.1) is 0 Å². The summed E-state index contributed by atoms with van der Waals surface area (Å²) in [6.45, 7) is 5.54. The Balaban J connectivity index is 1.77. The van der Waals surface area contributed by atoms with Crippen LogP contribution in [0.25, 0.3) is 6.08 Å². The Morgan fingerprint density at radius 3 is 2.77 bits per heavy atom. The molecule has 5 heteroatoms. The number of carbonyl (C=O) groups excluding carboxylic acids is 1. The average Bonchev–Trinajstić information content (AvgIpc) is 2.90. The smallest absolute Gasteiger partial charge is 0.244 e. The lowest BCUT2D eigenvalue weighted by Crippen LogP contribution is -2.28. The summed E-state index contributed by atoms with van der Waals surface area (Å²) in [6, 6.07) is 7.34. The number of carbonyl (C=O) groups is 1. The average molecular weight is 318 g/mol. The van der Waals surface area contributed by atoms with Crippen molar-refractivity contribution in [2.45, 2.75) is 20.4 Å². The number of benzene rings is 1. The summed E-state index contributed by atoms with van der Waals surface area (Å²) in [4.78, 5) is 16.0. The molecule has 0 bridgehead atoms. The molecule has 22 heavy (non-hydrogen) atoms. The third-order valence-electron chi connectivity index (χ3n) is 3.35. The van der Waals surface area contributed by atoms with Gasteiger partial charge in [0.2, 0.25) is 5.91 Å². The molecule has 1 amide bonds. The van der Waals surface area contributed by atoms with Crippen LogP contribution in [0.2, 0.25) is 5.02 Å². The largest absolute Gasteiger partial charge is 0.352 e. The third kappa shape index (κ3) is 5.04. The third-order valence-corrected chi connectivity index (χ3v) is 3.61. The highest BCUT2D eigenvalue weighted by Crippen LogP contribution is 2.10. The molecule has 0 fully saturated rings. The summed E-state index contributed by atoms with van der Waals surface area (Å²) < 4.78 is 2.08. The van der Waals surface area contributed by atoms with Gasteiger partial charge in [0.1, 0.15) is 5.82 Å². The van der Waals surface area contributed by atoms with Crippen molar-refractivity contribution in [3.8, 4) is 0 Å². The van der Waals surface area contributed by atoms with E-state index in [1.807, 2.05) is 25.3 Å². The molecule has 2 rings (SSSR count). The van der Waals surface area contributed by atoms with Gasteiger partial charge in [-0.2, -0.15) is 0 Å². The van der Waals surface area contributed by atoms with Crippen molar-refractivity contribution >= 4 is 23.6 Å². The number of halogens is 1. The maximum Gasteiger partial charge on any atom is 0.244 e. The second kappa shape index (κ2) is 7.80. The number of rotatable bonds is 6. The van der Waals surface area contributed by atoms with Crippen LogP contribution in [0.3, 0.4) is 0 Å². The van der Waals surface area contributed by atoms with Crippen LogP contribution in [0, 0.1) is 12.8 Å². The second-order valence-electron chi connectivity index (χ2n) is 5.36. The van der Waals surface area contributed by atoms with E-state index in [4.69, 9.17) is 11.6 Å². The molecule has 0 radical (unpaired) electrons. The first-order valence-electron chi connectivity index (χ1n) is 7.24. The van der Waals surface area contributed by atoms with Crippen molar-refractivity contribution in [3.63, 3.8) is 0 Å². The number of nitrogens with one attached hydrogen (secondary N) is 1. The number of hydrogen-bond donors (Lipinski definition) is 1. The highest BCUT2D eigenvalue weighted by atomic mass is 35.5. The number of hydrogen-bond acceptors (Lipinski definition) is 2. The first-order chi connectivity index (χ1) is 10.5. The van der Waals surface area contributed by atoms with E-state index in [2.05, 4.69) is 21.8 Å². The van der Waals surface area contributed by atoms with E-state index in [0.29, 0.717) is 17.5 Å². The topological polar surface area (TPSA) is 46.9 Å². The van der Waals surface area contributed by atoms with Crippen LogP contribution >= 0.6 is 11.6 Å². The van der Waals surface area contributed by atoms with Crippen LogP contribution in [0.5, 0.6) is 0 Å². The minimum atomic E-state index is -0.0934. The van der Waals surface area contributed by atoms with Gasteiger partial charge in [-0.1, -0.05) is 30.7 Å². The Bertz CT molecular complexity index is 646. The van der Waals surface area contributed by atoms with Crippen molar-refractivity contribution in [3.05, 3.63) is 59.1 Å². The molecule has 1 aromatic carbocycles. The molecule has 116 valence electrons. The molecule has 0 saturated heterocycles. The molecule has 1 aromatic heterocycles. The fraction of sp³-hybridized carbons (Fsp3) is 0.294. The number of amides is 1. The second-order valence-corrected chi connectivity index (χ2v) is 5.80. The van der Waals surface area contributed by atoms with Gasteiger partial charge in [0.15, 0.2) is 0 Å². The van der Waals surface area contributed by atoms with Crippen molar-refractivity contribution in [1.29, 1.82) is 0 Å². The molecule has 0 aliphatic carbocycles. The van der Waals surface area contributed by atoms with Crippen molar-refractivity contribution in [1.82, 2.24) is 14.9 Å². The number of aromatic nitrogens is 2. The minimum Gasteiger partial charge on any atom is -0.352 e. The summed E-state index contributed by atoms with van der Waals surface area (Å²) >= 11 is 5.82. The van der Waals surface area contributed by atoms with Gasteiger partial charge in [-0.3, -0.25) is 4.79 Å². The van der Waals surface area contributed by atoms with Crippen LogP contribution in [0.1, 0.15) is 18.3 Å². The molecular weight excluding hydrogens is 298 g/mol. The number of nitrogens with zero attached hydrogens (tertiary/aromatic N) is 2. The maximum atomic E-state index is 11.8. The zero-order valence-corrected chi connectivity index (χ0v) is 13.5. The van der Waals surface area contributed by atoms with Gasteiger partial charge < -0.3 is 9.88 Å². The monoisotopic (exact) mass is 317 g/mol.